The normalized spacial score (nSPS) is 11.1. The van der Waals surface area contributed by atoms with Crippen molar-refractivity contribution >= 4 is 52.5 Å². The van der Waals surface area contributed by atoms with Gasteiger partial charge < -0.3 is 9.57 Å². The molecule has 1 amide bonds. The monoisotopic (exact) mass is 346 g/mol. The van der Waals surface area contributed by atoms with Crippen LogP contribution in [0.3, 0.4) is 0 Å². The van der Waals surface area contributed by atoms with Crippen LogP contribution in [0.15, 0.2) is 0 Å². The molecule has 0 saturated heterocycles. The first kappa shape index (κ1) is 16.4. The average molecular weight is 348 g/mol. The van der Waals surface area contributed by atoms with E-state index >= 15 is 0 Å². The number of halogens is 4. The fraction of sp³-hybridized carbons (Fsp3) is 0.400. The summed E-state index contributed by atoms with van der Waals surface area (Å²) in [4.78, 5) is 20.0. The minimum Gasteiger partial charge on any atom is -0.442 e. The van der Waals surface area contributed by atoms with E-state index in [0.717, 1.165) is 0 Å². The van der Waals surface area contributed by atoms with E-state index in [1.165, 1.54) is 0 Å². The lowest BCUT2D eigenvalue weighted by Gasteiger charge is -2.19. The molecule has 9 heteroatoms. The minimum atomic E-state index is -0.816. The lowest BCUT2D eigenvalue weighted by atomic mass is 10.2. The third-order valence-corrected chi connectivity index (χ3v) is 3.03. The molecule has 0 spiro atoms. The second-order valence-electron chi connectivity index (χ2n) is 4.36. The molecule has 1 N–H and O–H groups in total. The van der Waals surface area contributed by atoms with Crippen LogP contribution in [-0.2, 0) is 4.74 Å². The van der Waals surface area contributed by atoms with Crippen LogP contribution in [0.25, 0.3) is 0 Å². The van der Waals surface area contributed by atoms with Crippen molar-refractivity contribution in [3.8, 4) is 5.75 Å². The molecule has 1 heterocycles. The Morgan fingerprint density at radius 3 is 2.00 bits per heavy atom. The van der Waals surface area contributed by atoms with E-state index in [9.17, 15) is 4.79 Å². The topological polar surface area (TPSA) is 60.5 Å². The number of aromatic nitrogens is 1. The zero-order chi connectivity index (χ0) is 14.8. The Bertz CT molecular complexity index is 476. The Balaban J connectivity index is 2.81. The van der Waals surface area contributed by atoms with Gasteiger partial charge >= 0.3 is 6.09 Å². The number of nitrogens with zero attached hydrogens (tertiary/aromatic N) is 1. The minimum absolute atomic E-state index is 0.0767. The van der Waals surface area contributed by atoms with Gasteiger partial charge in [0.2, 0.25) is 0 Å². The summed E-state index contributed by atoms with van der Waals surface area (Å²) in [5.41, 5.74) is 1.34. The molecule has 19 heavy (non-hydrogen) atoms. The van der Waals surface area contributed by atoms with Crippen LogP contribution in [0.4, 0.5) is 4.79 Å². The number of carbonyl (C=O) groups excluding carboxylic acids is 1. The van der Waals surface area contributed by atoms with Crippen molar-refractivity contribution in [1.29, 1.82) is 0 Å². The number of hydrogen-bond donors (Lipinski definition) is 1. The fourth-order valence-electron chi connectivity index (χ4n) is 0.949. The molecular weight excluding hydrogens is 338 g/mol. The highest BCUT2D eigenvalue weighted by atomic mass is 35.5. The van der Waals surface area contributed by atoms with Crippen LogP contribution in [0.5, 0.6) is 5.75 Å². The van der Waals surface area contributed by atoms with Gasteiger partial charge in [0.15, 0.2) is 16.1 Å². The van der Waals surface area contributed by atoms with Gasteiger partial charge in [0.05, 0.1) is 0 Å². The molecule has 0 aliphatic heterocycles. The Morgan fingerprint density at radius 1 is 1.11 bits per heavy atom. The lowest BCUT2D eigenvalue weighted by Crippen LogP contribution is -2.34. The van der Waals surface area contributed by atoms with Crippen molar-refractivity contribution in [2.75, 3.05) is 0 Å². The van der Waals surface area contributed by atoms with Crippen molar-refractivity contribution < 1.29 is 14.4 Å². The van der Waals surface area contributed by atoms with E-state index in [2.05, 4.69) is 4.98 Å². The van der Waals surface area contributed by atoms with Gasteiger partial charge in [0, 0.05) is 0 Å². The van der Waals surface area contributed by atoms with Gasteiger partial charge in [-0.2, -0.15) is 5.48 Å². The van der Waals surface area contributed by atoms with Crippen molar-refractivity contribution in [1.82, 2.24) is 10.5 Å². The van der Waals surface area contributed by atoms with Crippen LogP contribution < -0.4 is 10.3 Å². The first-order chi connectivity index (χ1) is 8.61. The summed E-state index contributed by atoms with van der Waals surface area (Å²) >= 11 is 23.1. The molecule has 1 aromatic rings. The van der Waals surface area contributed by atoms with E-state index in [0.29, 0.717) is 0 Å². The van der Waals surface area contributed by atoms with E-state index < -0.39 is 11.7 Å². The van der Waals surface area contributed by atoms with Crippen LogP contribution in [0.1, 0.15) is 20.8 Å². The third-order valence-electron chi connectivity index (χ3n) is 1.59. The smallest absolute Gasteiger partial charge is 0.441 e. The predicted molar refractivity (Wildman–Crippen MR) is 74.3 cm³/mol. The number of carbonyl (C=O) groups is 1. The SMILES string of the molecule is CC(C)(C)OC(=O)NOc1c(Cl)c(Cl)nc(Cl)c1Cl. The molecule has 0 bridgehead atoms. The second kappa shape index (κ2) is 6.22. The molecule has 0 fully saturated rings. The van der Waals surface area contributed by atoms with Gasteiger partial charge in [-0.25, -0.2) is 9.78 Å². The molecule has 0 radical (unpaired) electrons. The van der Waals surface area contributed by atoms with Gasteiger partial charge in [-0.3, -0.25) is 0 Å². The number of amides is 1. The summed E-state index contributed by atoms with van der Waals surface area (Å²) in [6, 6.07) is 0. The summed E-state index contributed by atoms with van der Waals surface area (Å²) in [5, 5.41) is -0.353. The predicted octanol–water partition coefficient (Wildman–Crippen LogP) is 4.51. The molecular formula is C10H10Cl4N2O3. The van der Waals surface area contributed by atoms with Gasteiger partial charge in [0.25, 0.3) is 0 Å². The van der Waals surface area contributed by atoms with Crippen LogP contribution >= 0.6 is 46.4 Å². The summed E-state index contributed by atoms with van der Waals surface area (Å²) < 4.78 is 4.96. The molecule has 0 unspecified atom stereocenters. The lowest BCUT2D eigenvalue weighted by molar-refractivity contribution is 0.0288. The molecule has 0 aliphatic carbocycles. The summed E-state index contributed by atoms with van der Waals surface area (Å²) in [6.07, 6.45) is -0.816. The van der Waals surface area contributed by atoms with Crippen LogP contribution in [0.2, 0.25) is 20.4 Å². The summed E-state index contributed by atoms with van der Waals surface area (Å²) in [6.45, 7) is 5.10. The molecule has 1 rings (SSSR count). The van der Waals surface area contributed by atoms with Crippen LogP contribution in [-0.4, -0.2) is 16.7 Å². The molecule has 0 saturated carbocycles. The second-order valence-corrected chi connectivity index (χ2v) is 5.83. The fourth-order valence-corrected chi connectivity index (χ4v) is 1.73. The largest absolute Gasteiger partial charge is 0.442 e. The van der Waals surface area contributed by atoms with Gasteiger partial charge in [-0.05, 0) is 20.8 Å². The Morgan fingerprint density at radius 2 is 1.58 bits per heavy atom. The third kappa shape index (κ3) is 4.76. The van der Waals surface area contributed by atoms with Crippen molar-refractivity contribution in [3.05, 3.63) is 20.4 Å². The zero-order valence-corrected chi connectivity index (χ0v) is 13.2. The van der Waals surface area contributed by atoms with Gasteiger partial charge in [-0.15, -0.1) is 0 Å². The van der Waals surface area contributed by atoms with E-state index in [4.69, 9.17) is 56.0 Å². The Labute approximate surface area is 130 Å². The van der Waals surface area contributed by atoms with E-state index in [-0.39, 0.29) is 26.1 Å². The van der Waals surface area contributed by atoms with Gasteiger partial charge in [-0.1, -0.05) is 46.4 Å². The van der Waals surface area contributed by atoms with Crippen molar-refractivity contribution in [2.45, 2.75) is 26.4 Å². The summed E-state index contributed by atoms with van der Waals surface area (Å²) in [7, 11) is 0. The highest BCUT2D eigenvalue weighted by Crippen LogP contribution is 2.40. The maximum absolute atomic E-state index is 11.4. The first-order valence-electron chi connectivity index (χ1n) is 4.97. The molecule has 1 aromatic heterocycles. The number of rotatable bonds is 2. The standard InChI is InChI=1S/C10H10Cl4N2O3/c1-10(2,3)18-9(17)16-19-6-4(11)7(13)15-8(14)5(6)12/h1-3H3,(H,16,17). The van der Waals surface area contributed by atoms with Crippen molar-refractivity contribution in [2.24, 2.45) is 0 Å². The first-order valence-corrected chi connectivity index (χ1v) is 6.49. The van der Waals surface area contributed by atoms with Crippen molar-refractivity contribution in [3.63, 3.8) is 0 Å². The van der Waals surface area contributed by atoms with Crippen LogP contribution in [0, 0.1) is 0 Å². The number of hydroxylamine groups is 1. The highest BCUT2D eigenvalue weighted by molar-refractivity contribution is 6.47. The molecule has 5 nitrogen and oxygen atoms in total. The molecule has 106 valence electrons. The number of ether oxygens (including phenoxy) is 1. The Hall–Kier alpha value is -0.620. The quantitative estimate of drug-likeness (QED) is 0.631. The Kier molecular flexibility index (Phi) is 5.38. The molecule has 0 aliphatic rings. The zero-order valence-electron chi connectivity index (χ0n) is 10.2. The average Bonchev–Trinajstić information content (AvgIpc) is 2.24. The number of nitrogens with one attached hydrogen (secondary N) is 1. The van der Waals surface area contributed by atoms with Gasteiger partial charge in [0.1, 0.15) is 15.6 Å². The maximum Gasteiger partial charge on any atom is 0.441 e. The maximum atomic E-state index is 11.4. The number of hydrogen-bond acceptors (Lipinski definition) is 4. The van der Waals surface area contributed by atoms with E-state index in [1.807, 2.05) is 5.48 Å². The molecule has 0 atom stereocenters. The summed E-state index contributed by atoms with van der Waals surface area (Å²) in [5.74, 6) is -0.112. The number of pyridine rings is 1. The van der Waals surface area contributed by atoms with E-state index in [1.54, 1.807) is 20.8 Å². The molecule has 0 aromatic carbocycles. The highest BCUT2D eigenvalue weighted by Gasteiger charge is 2.20.